The number of unbranched alkanes of at least 4 members (excludes halogenated alkanes) is 2. The quantitative estimate of drug-likeness (QED) is 0.0776. The maximum atomic E-state index is 13.9. The van der Waals surface area contributed by atoms with Crippen molar-refractivity contribution in [3.05, 3.63) is 35.9 Å². The second kappa shape index (κ2) is 22.7. The van der Waals surface area contributed by atoms with Crippen LogP contribution in [-0.4, -0.2) is 124 Å². The molecule has 17 heteroatoms. The molecule has 1 aromatic rings. The number of hydrogen-bond acceptors (Lipinski definition) is 13. The number of rotatable bonds is 20. The molecule has 8 N–H and O–H groups in total. The van der Waals surface area contributed by atoms with Gasteiger partial charge < -0.3 is 41.8 Å². The molecule has 17 nitrogen and oxygen atoms in total. The predicted molar refractivity (Wildman–Crippen MR) is 198 cm³/mol. The summed E-state index contributed by atoms with van der Waals surface area (Å²) < 4.78 is 10.3. The molecule has 0 aliphatic rings. The normalized spacial score (nSPS) is 14.8. The highest BCUT2D eigenvalue weighted by Gasteiger charge is 2.42. The number of imide groups is 2. The third kappa shape index (κ3) is 14.8. The molecule has 6 atom stereocenters. The zero-order chi connectivity index (χ0) is 41.3. The highest BCUT2D eigenvalue weighted by molar-refractivity contribution is 6.02. The van der Waals surface area contributed by atoms with Crippen LogP contribution in [-0.2, 0) is 44.7 Å². The average Bonchev–Trinajstić information content (AvgIpc) is 3.11. The number of benzene rings is 1. The summed E-state index contributed by atoms with van der Waals surface area (Å²) in [5.41, 5.74) is 11.9. The molecule has 0 aromatic heterocycles. The fourth-order valence-electron chi connectivity index (χ4n) is 5.35. The summed E-state index contributed by atoms with van der Waals surface area (Å²) in [5.74, 6) is -7.04. The van der Waals surface area contributed by atoms with Gasteiger partial charge in [-0.25, -0.2) is 14.5 Å². The Morgan fingerprint density at radius 1 is 0.833 bits per heavy atom. The van der Waals surface area contributed by atoms with Crippen LogP contribution in [0.15, 0.2) is 30.3 Å². The van der Waals surface area contributed by atoms with Gasteiger partial charge in [0, 0.05) is 25.5 Å². The number of aliphatic hydroxyl groups is 2. The minimum Gasteiger partial charge on any atom is -0.467 e. The number of carbonyl (C=O) groups is 7. The molecule has 0 bridgehead atoms. The van der Waals surface area contributed by atoms with Crippen molar-refractivity contribution in [3.8, 4) is 0 Å². The van der Waals surface area contributed by atoms with Crippen LogP contribution in [0, 0.1) is 11.8 Å². The SMILES string of the molecule is COC(=O)[C@H](C(C)C)N(C(=O)CCCCCc1ccccc1)C(=O)[C@@H](N)C(CO)CNC(=O)[C@H](C)N(C(=O)OC(C)(C)C)C(=O)[C@H](C)NC(=O)[C@@H](N)CO. The number of nitrogens with one attached hydrogen (secondary N) is 2. The van der Waals surface area contributed by atoms with Gasteiger partial charge in [0.05, 0.1) is 19.8 Å². The Balaban J connectivity index is 3.20. The second-order valence-corrected chi connectivity index (χ2v) is 14.5. The first-order valence-corrected chi connectivity index (χ1v) is 18.1. The van der Waals surface area contributed by atoms with Gasteiger partial charge in [-0.15, -0.1) is 0 Å². The molecule has 1 aromatic carbocycles. The molecule has 304 valence electrons. The lowest BCUT2D eigenvalue weighted by molar-refractivity contribution is -0.163. The summed E-state index contributed by atoms with van der Waals surface area (Å²) in [5, 5.41) is 24.2. The number of nitrogens with zero attached hydrogens (tertiary/aromatic N) is 2. The van der Waals surface area contributed by atoms with Crippen LogP contribution in [0.5, 0.6) is 0 Å². The van der Waals surface area contributed by atoms with Crippen molar-refractivity contribution in [3.63, 3.8) is 0 Å². The van der Waals surface area contributed by atoms with Crippen LogP contribution < -0.4 is 22.1 Å². The zero-order valence-corrected chi connectivity index (χ0v) is 32.7. The maximum Gasteiger partial charge on any atom is 0.417 e. The molecule has 0 radical (unpaired) electrons. The fourth-order valence-corrected chi connectivity index (χ4v) is 5.35. The molecule has 0 heterocycles. The highest BCUT2D eigenvalue weighted by Crippen LogP contribution is 2.20. The van der Waals surface area contributed by atoms with Gasteiger partial charge >= 0.3 is 12.1 Å². The van der Waals surface area contributed by atoms with Gasteiger partial charge in [-0.1, -0.05) is 50.6 Å². The van der Waals surface area contributed by atoms with Crippen molar-refractivity contribution in [2.75, 3.05) is 26.9 Å². The Kier molecular flexibility index (Phi) is 20.0. The van der Waals surface area contributed by atoms with Crippen molar-refractivity contribution < 1.29 is 53.2 Å². The van der Waals surface area contributed by atoms with E-state index in [-0.39, 0.29) is 6.42 Å². The molecule has 0 saturated carbocycles. The third-order valence-corrected chi connectivity index (χ3v) is 8.48. The van der Waals surface area contributed by atoms with Crippen LogP contribution in [0.4, 0.5) is 4.79 Å². The number of nitrogens with two attached hydrogens (primary N) is 2. The molecule has 0 fully saturated rings. The maximum absolute atomic E-state index is 13.9. The monoisotopic (exact) mass is 764 g/mol. The second-order valence-electron chi connectivity index (χ2n) is 14.5. The number of esters is 1. The van der Waals surface area contributed by atoms with E-state index in [0.29, 0.717) is 17.7 Å². The predicted octanol–water partition coefficient (Wildman–Crippen LogP) is 0.371. The minimum absolute atomic E-state index is 0.0646. The van der Waals surface area contributed by atoms with Gasteiger partial charge in [0.25, 0.3) is 5.91 Å². The lowest BCUT2D eigenvalue weighted by atomic mass is 9.95. The molecule has 0 aliphatic heterocycles. The number of amides is 6. The molecular formula is C37H60N6O11. The topological polar surface area (TPSA) is 261 Å². The van der Waals surface area contributed by atoms with E-state index in [0.717, 1.165) is 30.4 Å². The molecule has 0 spiro atoms. The molecule has 0 saturated heterocycles. The Hall–Kier alpha value is -4.45. The van der Waals surface area contributed by atoms with Crippen LogP contribution in [0.1, 0.15) is 79.7 Å². The summed E-state index contributed by atoms with van der Waals surface area (Å²) in [4.78, 5) is 93.9. The number of hydrogen-bond donors (Lipinski definition) is 6. The van der Waals surface area contributed by atoms with Crippen LogP contribution in [0.2, 0.25) is 0 Å². The Bertz CT molecular complexity index is 1420. The molecular weight excluding hydrogens is 704 g/mol. The van der Waals surface area contributed by atoms with Crippen LogP contribution in [0.25, 0.3) is 0 Å². The zero-order valence-electron chi connectivity index (χ0n) is 32.7. The van der Waals surface area contributed by atoms with E-state index < -0.39 is 109 Å². The Morgan fingerprint density at radius 3 is 1.96 bits per heavy atom. The standard InChI is InChI=1S/C37H60N6O11/c1-22(2)30(35(51)53-8)43(28(46)18-14-10-13-17-25-15-11-9-12-16-25)34(50)29(39)26(20-44)19-40-31(47)24(4)42(36(52)54-37(5,6)7)33(49)23(3)41-32(48)27(38)21-45/h9,11-12,15-16,22-24,26-27,29-30,44-45H,10,13-14,17-21,38-39H2,1-8H3,(H,40,47)(H,41,48)/t23-,24-,26?,27-,29-,30-/m0/s1. The Morgan fingerprint density at radius 2 is 1.44 bits per heavy atom. The minimum atomic E-state index is -1.59. The van der Waals surface area contributed by atoms with E-state index in [1.54, 1.807) is 13.8 Å². The van der Waals surface area contributed by atoms with E-state index in [2.05, 4.69) is 10.6 Å². The number of ether oxygens (including phenoxy) is 2. The summed E-state index contributed by atoms with van der Waals surface area (Å²) >= 11 is 0. The van der Waals surface area contributed by atoms with Crippen molar-refractivity contribution in [2.45, 2.75) is 116 Å². The van der Waals surface area contributed by atoms with Gasteiger partial charge in [0.1, 0.15) is 29.8 Å². The first-order chi connectivity index (χ1) is 25.2. The molecule has 1 rings (SSSR count). The third-order valence-electron chi connectivity index (χ3n) is 8.48. The molecule has 0 aliphatic carbocycles. The van der Waals surface area contributed by atoms with Crippen molar-refractivity contribution in [1.82, 2.24) is 20.4 Å². The van der Waals surface area contributed by atoms with Gasteiger partial charge in [-0.2, -0.15) is 0 Å². The molecule has 1 unspecified atom stereocenters. The van der Waals surface area contributed by atoms with Crippen LogP contribution >= 0.6 is 0 Å². The lowest BCUT2D eigenvalue weighted by Crippen LogP contribution is -2.60. The average molecular weight is 765 g/mol. The lowest BCUT2D eigenvalue weighted by Gasteiger charge is -2.34. The summed E-state index contributed by atoms with van der Waals surface area (Å²) in [6, 6.07) is 2.64. The number of aliphatic hydroxyl groups excluding tert-OH is 2. The Labute approximate surface area is 317 Å². The first-order valence-electron chi connectivity index (χ1n) is 18.1. The van der Waals surface area contributed by atoms with Gasteiger partial charge in [-0.3, -0.25) is 28.9 Å². The van der Waals surface area contributed by atoms with Crippen LogP contribution in [0.3, 0.4) is 0 Å². The highest BCUT2D eigenvalue weighted by atomic mass is 16.6. The van der Waals surface area contributed by atoms with Gasteiger partial charge in [0.2, 0.25) is 23.6 Å². The van der Waals surface area contributed by atoms with Crippen molar-refractivity contribution in [2.24, 2.45) is 23.3 Å². The van der Waals surface area contributed by atoms with E-state index in [1.165, 1.54) is 34.6 Å². The van der Waals surface area contributed by atoms with Gasteiger partial charge in [0.15, 0.2) is 0 Å². The summed E-state index contributed by atoms with van der Waals surface area (Å²) in [7, 11) is 1.13. The van der Waals surface area contributed by atoms with Crippen molar-refractivity contribution >= 4 is 41.6 Å². The van der Waals surface area contributed by atoms with E-state index in [1.807, 2.05) is 30.3 Å². The molecule has 54 heavy (non-hydrogen) atoms. The van der Waals surface area contributed by atoms with Gasteiger partial charge in [-0.05, 0) is 65.4 Å². The number of methoxy groups -OCH3 is 1. The summed E-state index contributed by atoms with van der Waals surface area (Å²) in [6.45, 7) is 8.45. The van der Waals surface area contributed by atoms with Crippen molar-refractivity contribution in [1.29, 1.82) is 0 Å². The largest absolute Gasteiger partial charge is 0.467 e. The summed E-state index contributed by atoms with van der Waals surface area (Å²) in [6.07, 6.45) is 1.43. The molecule has 6 amide bonds. The van der Waals surface area contributed by atoms with E-state index in [9.17, 15) is 43.8 Å². The smallest absolute Gasteiger partial charge is 0.417 e. The number of carbonyl (C=O) groups excluding carboxylic acids is 7. The fraction of sp³-hybridized carbons (Fsp3) is 0.649. The first kappa shape index (κ1) is 47.6. The van der Waals surface area contributed by atoms with E-state index in [4.69, 9.17) is 20.9 Å². The van der Waals surface area contributed by atoms with E-state index >= 15 is 0 Å². The number of aryl methyl sites for hydroxylation is 1.